The highest BCUT2D eigenvalue weighted by molar-refractivity contribution is 5.78. The lowest BCUT2D eigenvalue weighted by molar-refractivity contribution is -0.173. The molecule has 11 unspecified atom stereocenters. The third kappa shape index (κ3) is 1.70. The van der Waals surface area contributed by atoms with Crippen LogP contribution in [-0.2, 0) is 14.3 Å². The number of rotatable bonds is 1. The van der Waals surface area contributed by atoms with E-state index in [1.807, 2.05) is 20.8 Å². The molecule has 2 aliphatic heterocycles. The summed E-state index contributed by atoms with van der Waals surface area (Å²) in [4.78, 5) is 13.0. The van der Waals surface area contributed by atoms with Crippen LogP contribution in [0.1, 0.15) is 47.0 Å². The minimum absolute atomic E-state index is 0.0399. The summed E-state index contributed by atoms with van der Waals surface area (Å²) in [5.74, 6) is 5.56. The van der Waals surface area contributed by atoms with Crippen molar-refractivity contribution >= 4 is 5.97 Å². The number of esters is 1. The van der Waals surface area contributed by atoms with E-state index in [1.54, 1.807) is 0 Å². The normalized spacial score (nSPS) is 59.5. The Morgan fingerprint density at radius 1 is 1.04 bits per heavy atom. The Bertz CT molecular complexity index is 675. The average molecular weight is 342 g/mol. The van der Waals surface area contributed by atoms with Gasteiger partial charge in [-0.3, -0.25) is 4.79 Å². The summed E-state index contributed by atoms with van der Waals surface area (Å²) in [6.45, 7) is 8.14. The lowest BCUT2D eigenvalue weighted by Gasteiger charge is -2.46. The van der Waals surface area contributed by atoms with E-state index in [0.29, 0.717) is 30.0 Å². The second-order valence-electron chi connectivity index (χ2n) is 11.0. The van der Waals surface area contributed by atoms with E-state index in [2.05, 4.69) is 19.1 Å². The number of fused-ring (bicyclic) bond motifs is 16. The molecule has 2 heterocycles. The second kappa shape index (κ2) is 4.35. The van der Waals surface area contributed by atoms with E-state index < -0.39 is 5.60 Å². The zero-order valence-corrected chi connectivity index (χ0v) is 15.8. The third-order valence-electron chi connectivity index (χ3n) is 8.79. The van der Waals surface area contributed by atoms with Gasteiger partial charge in [-0.05, 0) is 94.3 Å². The average Bonchev–Trinajstić information content (AvgIpc) is 3.30. The molecule has 5 fully saturated rings. The highest BCUT2D eigenvalue weighted by atomic mass is 16.6. The summed E-state index contributed by atoms with van der Waals surface area (Å²) in [5, 5.41) is 0. The second-order valence-corrected chi connectivity index (χ2v) is 11.0. The van der Waals surface area contributed by atoms with E-state index in [4.69, 9.17) is 9.47 Å². The number of hydrogen-bond donors (Lipinski definition) is 0. The van der Waals surface area contributed by atoms with Gasteiger partial charge >= 0.3 is 5.97 Å². The molecule has 25 heavy (non-hydrogen) atoms. The number of ether oxygens (including phenoxy) is 2. The van der Waals surface area contributed by atoms with Gasteiger partial charge in [0.25, 0.3) is 0 Å². The number of hydrogen-bond acceptors (Lipinski definition) is 3. The summed E-state index contributed by atoms with van der Waals surface area (Å²) in [5.41, 5.74) is -0.692. The van der Waals surface area contributed by atoms with Crippen LogP contribution < -0.4 is 0 Å². The molecule has 2 saturated heterocycles. The summed E-state index contributed by atoms with van der Waals surface area (Å²) >= 11 is 0. The minimum Gasteiger partial charge on any atom is -0.460 e. The van der Waals surface area contributed by atoms with Crippen molar-refractivity contribution in [1.82, 2.24) is 0 Å². The first-order chi connectivity index (χ1) is 11.8. The van der Waals surface area contributed by atoms with Crippen LogP contribution in [0, 0.1) is 52.8 Å². The molecule has 0 radical (unpaired) electrons. The molecule has 6 rings (SSSR count). The number of allylic oxidation sites excluding steroid dienone is 2. The van der Waals surface area contributed by atoms with Crippen molar-refractivity contribution in [3.05, 3.63) is 12.2 Å². The highest BCUT2D eigenvalue weighted by Gasteiger charge is 2.75. The van der Waals surface area contributed by atoms with Crippen LogP contribution in [0.2, 0.25) is 0 Å². The fourth-order valence-electron chi connectivity index (χ4n) is 8.27. The Labute approximate surface area is 150 Å². The highest BCUT2D eigenvalue weighted by Crippen LogP contribution is 2.73. The van der Waals surface area contributed by atoms with Gasteiger partial charge in [-0.1, -0.05) is 12.2 Å². The van der Waals surface area contributed by atoms with Gasteiger partial charge in [-0.25, -0.2) is 0 Å². The summed E-state index contributed by atoms with van der Waals surface area (Å²) < 4.78 is 12.5. The number of carbonyl (C=O) groups excluding carboxylic acids is 1. The first kappa shape index (κ1) is 15.2. The minimum atomic E-state index is -0.396. The summed E-state index contributed by atoms with van der Waals surface area (Å²) in [6.07, 6.45) is 9.44. The van der Waals surface area contributed by atoms with Gasteiger partial charge in [0.15, 0.2) is 0 Å². The molecular formula is C22H30O3. The molecule has 3 nitrogen and oxygen atoms in total. The van der Waals surface area contributed by atoms with Crippen molar-refractivity contribution in [3.63, 3.8) is 0 Å². The van der Waals surface area contributed by atoms with Crippen molar-refractivity contribution < 1.29 is 14.3 Å². The van der Waals surface area contributed by atoms with Crippen molar-refractivity contribution in [3.8, 4) is 0 Å². The quantitative estimate of drug-likeness (QED) is 0.537. The Morgan fingerprint density at radius 3 is 2.32 bits per heavy atom. The van der Waals surface area contributed by atoms with Crippen molar-refractivity contribution in [2.75, 3.05) is 0 Å². The molecule has 0 amide bonds. The molecular weight excluding hydrogens is 312 g/mol. The molecule has 11 atom stereocenters. The zero-order valence-electron chi connectivity index (χ0n) is 15.8. The fraction of sp³-hybridized carbons (Fsp3) is 0.864. The maximum absolute atomic E-state index is 13.0. The van der Waals surface area contributed by atoms with Crippen LogP contribution in [0.15, 0.2) is 12.2 Å². The van der Waals surface area contributed by atoms with Crippen molar-refractivity contribution in [2.45, 2.75) is 64.8 Å². The first-order valence-electron chi connectivity index (χ1n) is 10.4. The molecule has 0 spiro atoms. The van der Waals surface area contributed by atoms with E-state index in [9.17, 15) is 4.79 Å². The molecule has 0 N–H and O–H groups in total. The van der Waals surface area contributed by atoms with Gasteiger partial charge in [-0.15, -0.1) is 0 Å². The predicted octanol–water partition coefficient (Wildman–Crippen LogP) is 3.83. The van der Waals surface area contributed by atoms with Gasteiger partial charge in [0.2, 0.25) is 0 Å². The van der Waals surface area contributed by atoms with Crippen LogP contribution in [0.3, 0.4) is 0 Å². The van der Waals surface area contributed by atoms with Crippen molar-refractivity contribution in [2.24, 2.45) is 52.8 Å². The first-order valence-corrected chi connectivity index (χ1v) is 10.4. The fourth-order valence-corrected chi connectivity index (χ4v) is 8.27. The van der Waals surface area contributed by atoms with Crippen molar-refractivity contribution in [1.29, 1.82) is 0 Å². The molecule has 6 bridgehead atoms. The Morgan fingerprint density at radius 2 is 1.68 bits per heavy atom. The maximum Gasteiger partial charge on any atom is 0.312 e. The lowest BCUT2D eigenvalue weighted by Crippen LogP contribution is -2.51. The van der Waals surface area contributed by atoms with Crippen LogP contribution in [0.25, 0.3) is 0 Å². The van der Waals surface area contributed by atoms with Gasteiger partial charge in [-0.2, -0.15) is 0 Å². The van der Waals surface area contributed by atoms with E-state index >= 15 is 0 Å². The summed E-state index contributed by atoms with van der Waals surface area (Å²) in [7, 11) is 0. The molecule has 0 aromatic heterocycles. The molecule has 3 heteroatoms. The van der Waals surface area contributed by atoms with Crippen LogP contribution in [0.4, 0.5) is 0 Å². The molecule has 0 aromatic rings. The van der Waals surface area contributed by atoms with Crippen LogP contribution in [0.5, 0.6) is 0 Å². The SMILES string of the molecule is CC(C)(C)OC(=O)C1(C)CC2CC1C1C3OC(C4C5C=CC(C5)C34)C21. The van der Waals surface area contributed by atoms with E-state index in [1.165, 1.54) is 12.8 Å². The third-order valence-corrected chi connectivity index (χ3v) is 8.79. The topological polar surface area (TPSA) is 35.5 Å². The smallest absolute Gasteiger partial charge is 0.312 e. The van der Waals surface area contributed by atoms with Crippen LogP contribution >= 0.6 is 0 Å². The Kier molecular flexibility index (Phi) is 2.65. The molecule has 0 aromatic carbocycles. The molecule has 4 aliphatic carbocycles. The maximum atomic E-state index is 13.0. The van der Waals surface area contributed by atoms with Crippen LogP contribution in [-0.4, -0.2) is 23.8 Å². The van der Waals surface area contributed by atoms with Gasteiger partial charge in [0, 0.05) is 0 Å². The largest absolute Gasteiger partial charge is 0.460 e. The lowest BCUT2D eigenvalue weighted by atomic mass is 9.56. The van der Waals surface area contributed by atoms with Gasteiger partial charge < -0.3 is 9.47 Å². The number of carbonyl (C=O) groups is 1. The van der Waals surface area contributed by atoms with E-state index in [0.717, 1.165) is 36.0 Å². The van der Waals surface area contributed by atoms with Gasteiger partial charge in [0.1, 0.15) is 5.60 Å². The Hall–Kier alpha value is -0.830. The molecule has 6 aliphatic rings. The summed E-state index contributed by atoms with van der Waals surface area (Å²) in [6, 6.07) is 0. The zero-order chi connectivity index (χ0) is 17.3. The van der Waals surface area contributed by atoms with Gasteiger partial charge in [0.05, 0.1) is 17.6 Å². The standard InChI is InChI=1S/C22H30O3/c1-21(2,3)25-20(23)22(4)9-12-8-13(22)17-16(12)18-14-10-5-6-11(7-10)15(14)19(17)24-18/h5-6,10-19H,7-9H2,1-4H3. The predicted molar refractivity (Wildman–Crippen MR) is 93.5 cm³/mol. The molecule has 136 valence electrons. The molecule has 3 saturated carbocycles. The van der Waals surface area contributed by atoms with E-state index in [-0.39, 0.29) is 11.4 Å². The monoisotopic (exact) mass is 342 g/mol. The Balaban J connectivity index is 1.32.